The van der Waals surface area contributed by atoms with Crippen molar-refractivity contribution in [2.24, 2.45) is 0 Å². The number of hydrogen-bond acceptors (Lipinski definition) is 3. The Hall–Kier alpha value is -1.03. The smallest absolute Gasteiger partial charge is 0.0756 e. The average molecular weight is 167 g/mol. The molecule has 2 heterocycles. The summed E-state index contributed by atoms with van der Waals surface area (Å²) in [5.41, 5.74) is 2.17. The highest BCUT2D eigenvalue weighted by molar-refractivity contribution is 5.45. The van der Waals surface area contributed by atoms with Crippen LogP contribution < -0.4 is 5.32 Å². The van der Waals surface area contributed by atoms with Gasteiger partial charge in [-0.15, -0.1) is 0 Å². The molecule has 66 valence electrons. The van der Waals surface area contributed by atoms with Crippen molar-refractivity contribution in [2.45, 2.75) is 19.4 Å². The standard InChI is InChI=1S/C8H13N3O/c1-6-8(4-9-11-6)10-7-2-3-12-5-7/h4,7,10H,2-3,5H2,1H3,(H,9,11). The molecule has 4 heteroatoms. The number of aromatic nitrogens is 2. The Bertz CT molecular complexity index is 253. The Kier molecular flexibility index (Phi) is 1.99. The predicted octanol–water partition coefficient (Wildman–Crippen LogP) is 0.919. The molecule has 1 aliphatic heterocycles. The van der Waals surface area contributed by atoms with Crippen LogP contribution in [-0.2, 0) is 4.74 Å². The molecule has 0 radical (unpaired) electrons. The van der Waals surface area contributed by atoms with E-state index < -0.39 is 0 Å². The molecule has 0 bridgehead atoms. The Morgan fingerprint density at radius 2 is 2.67 bits per heavy atom. The molecule has 1 aromatic rings. The highest BCUT2D eigenvalue weighted by Gasteiger charge is 2.15. The zero-order valence-corrected chi connectivity index (χ0v) is 7.13. The molecule has 1 atom stereocenters. The summed E-state index contributed by atoms with van der Waals surface area (Å²) in [4.78, 5) is 0. The Morgan fingerprint density at radius 3 is 3.25 bits per heavy atom. The van der Waals surface area contributed by atoms with Gasteiger partial charge in [-0.05, 0) is 13.3 Å². The number of aromatic amines is 1. The minimum atomic E-state index is 0.460. The van der Waals surface area contributed by atoms with Gasteiger partial charge in [0.05, 0.1) is 30.2 Å². The Balaban J connectivity index is 1.98. The molecule has 0 amide bonds. The van der Waals surface area contributed by atoms with Crippen molar-refractivity contribution >= 4 is 5.69 Å². The van der Waals surface area contributed by atoms with Crippen molar-refractivity contribution in [1.29, 1.82) is 0 Å². The van der Waals surface area contributed by atoms with Crippen molar-refractivity contribution in [3.8, 4) is 0 Å². The molecule has 1 aromatic heterocycles. The van der Waals surface area contributed by atoms with Crippen molar-refractivity contribution in [3.05, 3.63) is 11.9 Å². The third-order valence-electron chi connectivity index (χ3n) is 2.12. The van der Waals surface area contributed by atoms with Crippen LogP contribution in [-0.4, -0.2) is 29.5 Å². The van der Waals surface area contributed by atoms with Gasteiger partial charge >= 0.3 is 0 Å². The summed E-state index contributed by atoms with van der Waals surface area (Å²) >= 11 is 0. The van der Waals surface area contributed by atoms with Crippen molar-refractivity contribution < 1.29 is 4.74 Å². The monoisotopic (exact) mass is 167 g/mol. The second-order valence-electron chi connectivity index (χ2n) is 3.11. The lowest BCUT2D eigenvalue weighted by atomic mass is 10.2. The van der Waals surface area contributed by atoms with Crippen LogP contribution in [0.5, 0.6) is 0 Å². The summed E-state index contributed by atoms with van der Waals surface area (Å²) in [6.07, 6.45) is 2.90. The minimum Gasteiger partial charge on any atom is -0.379 e. The quantitative estimate of drug-likeness (QED) is 0.688. The lowest BCUT2D eigenvalue weighted by Gasteiger charge is -2.10. The van der Waals surface area contributed by atoms with Crippen LogP contribution in [0.2, 0.25) is 0 Å². The first kappa shape index (κ1) is 7.61. The molecular weight excluding hydrogens is 154 g/mol. The molecule has 2 N–H and O–H groups in total. The molecule has 0 aliphatic carbocycles. The summed E-state index contributed by atoms with van der Waals surface area (Å²) in [5, 5.41) is 10.2. The summed E-state index contributed by atoms with van der Waals surface area (Å²) in [6.45, 7) is 3.68. The molecule has 12 heavy (non-hydrogen) atoms. The molecule has 4 nitrogen and oxygen atoms in total. The van der Waals surface area contributed by atoms with Crippen molar-refractivity contribution in [1.82, 2.24) is 10.2 Å². The molecular formula is C8H13N3O. The number of nitrogens with zero attached hydrogens (tertiary/aromatic N) is 1. The van der Waals surface area contributed by atoms with Gasteiger partial charge in [-0.25, -0.2) is 0 Å². The first-order valence-corrected chi connectivity index (χ1v) is 4.20. The third-order valence-corrected chi connectivity index (χ3v) is 2.12. The predicted molar refractivity (Wildman–Crippen MR) is 46.2 cm³/mol. The number of ether oxygens (including phenoxy) is 1. The van der Waals surface area contributed by atoms with E-state index in [9.17, 15) is 0 Å². The lowest BCUT2D eigenvalue weighted by molar-refractivity contribution is 0.195. The van der Waals surface area contributed by atoms with Gasteiger partial charge in [-0.1, -0.05) is 0 Å². The second-order valence-corrected chi connectivity index (χ2v) is 3.11. The van der Waals surface area contributed by atoms with Crippen LogP contribution in [0.4, 0.5) is 5.69 Å². The number of hydrogen-bond donors (Lipinski definition) is 2. The summed E-state index contributed by atoms with van der Waals surface area (Å²) in [6, 6.07) is 0.460. The van der Waals surface area contributed by atoms with Crippen LogP contribution in [0.1, 0.15) is 12.1 Å². The highest BCUT2D eigenvalue weighted by atomic mass is 16.5. The van der Waals surface area contributed by atoms with E-state index in [-0.39, 0.29) is 0 Å². The third kappa shape index (κ3) is 1.43. The average Bonchev–Trinajstić information content (AvgIpc) is 2.65. The first-order chi connectivity index (χ1) is 5.86. The van der Waals surface area contributed by atoms with Crippen LogP contribution in [0.3, 0.4) is 0 Å². The van der Waals surface area contributed by atoms with E-state index in [1.807, 2.05) is 13.1 Å². The van der Waals surface area contributed by atoms with Crippen LogP contribution in [0.15, 0.2) is 6.20 Å². The molecule has 1 fully saturated rings. The lowest BCUT2D eigenvalue weighted by Crippen LogP contribution is -2.18. The SMILES string of the molecule is Cc1[nH]ncc1NC1CCOC1. The molecule has 1 aliphatic rings. The van der Waals surface area contributed by atoms with E-state index in [4.69, 9.17) is 4.74 Å². The molecule has 0 aromatic carbocycles. The number of rotatable bonds is 2. The fourth-order valence-corrected chi connectivity index (χ4v) is 1.36. The summed E-state index contributed by atoms with van der Waals surface area (Å²) in [7, 11) is 0. The molecule has 1 saturated heterocycles. The molecule has 1 unspecified atom stereocenters. The topological polar surface area (TPSA) is 49.9 Å². The number of nitrogens with one attached hydrogen (secondary N) is 2. The Labute approximate surface area is 71.3 Å². The maximum absolute atomic E-state index is 5.25. The van der Waals surface area contributed by atoms with Gasteiger partial charge in [0.2, 0.25) is 0 Å². The summed E-state index contributed by atoms with van der Waals surface area (Å²) in [5.74, 6) is 0. The first-order valence-electron chi connectivity index (χ1n) is 4.20. The minimum absolute atomic E-state index is 0.460. The van der Waals surface area contributed by atoms with Gasteiger partial charge in [-0.2, -0.15) is 5.10 Å². The van der Waals surface area contributed by atoms with Gasteiger partial charge in [0.25, 0.3) is 0 Å². The number of aryl methyl sites for hydroxylation is 1. The number of H-pyrrole nitrogens is 1. The fraction of sp³-hybridized carbons (Fsp3) is 0.625. The van der Waals surface area contributed by atoms with Crippen molar-refractivity contribution in [3.63, 3.8) is 0 Å². The van der Waals surface area contributed by atoms with Crippen LogP contribution in [0.25, 0.3) is 0 Å². The van der Waals surface area contributed by atoms with E-state index in [0.29, 0.717) is 6.04 Å². The summed E-state index contributed by atoms with van der Waals surface area (Å²) < 4.78 is 5.25. The van der Waals surface area contributed by atoms with Gasteiger partial charge in [0.1, 0.15) is 0 Å². The van der Waals surface area contributed by atoms with E-state index in [2.05, 4.69) is 15.5 Å². The second kappa shape index (κ2) is 3.15. The van der Waals surface area contributed by atoms with E-state index >= 15 is 0 Å². The normalized spacial score (nSPS) is 22.9. The molecule has 2 rings (SSSR count). The number of anilines is 1. The highest BCUT2D eigenvalue weighted by Crippen LogP contribution is 2.15. The van der Waals surface area contributed by atoms with E-state index in [1.54, 1.807) is 0 Å². The van der Waals surface area contributed by atoms with Gasteiger partial charge in [0, 0.05) is 6.61 Å². The van der Waals surface area contributed by atoms with E-state index in [1.165, 1.54) is 0 Å². The van der Waals surface area contributed by atoms with E-state index in [0.717, 1.165) is 31.0 Å². The maximum atomic E-state index is 5.25. The van der Waals surface area contributed by atoms with Gasteiger partial charge in [0.15, 0.2) is 0 Å². The zero-order valence-electron chi connectivity index (χ0n) is 7.13. The van der Waals surface area contributed by atoms with Crippen molar-refractivity contribution in [2.75, 3.05) is 18.5 Å². The zero-order chi connectivity index (χ0) is 8.39. The molecule has 0 saturated carbocycles. The van der Waals surface area contributed by atoms with Crippen LogP contribution in [0, 0.1) is 6.92 Å². The van der Waals surface area contributed by atoms with Gasteiger partial charge in [-0.3, -0.25) is 5.10 Å². The fourth-order valence-electron chi connectivity index (χ4n) is 1.36. The Morgan fingerprint density at radius 1 is 1.75 bits per heavy atom. The van der Waals surface area contributed by atoms with Crippen LogP contribution >= 0.6 is 0 Å². The largest absolute Gasteiger partial charge is 0.379 e. The van der Waals surface area contributed by atoms with Gasteiger partial charge < -0.3 is 10.1 Å². The molecule has 0 spiro atoms. The maximum Gasteiger partial charge on any atom is 0.0756 e.